The number of carbonyl (C=O) groups is 1. The molecule has 0 fully saturated rings. The minimum atomic E-state index is -0.489. The fourth-order valence-electron chi connectivity index (χ4n) is 1.69. The van der Waals surface area contributed by atoms with Gasteiger partial charge >= 0.3 is 0 Å². The molecule has 1 atom stereocenters. The van der Waals surface area contributed by atoms with E-state index >= 15 is 0 Å². The number of hydrogen-bond donors (Lipinski definition) is 3. The summed E-state index contributed by atoms with van der Waals surface area (Å²) in [6.07, 6.45) is 0. The van der Waals surface area contributed by atoms with Gasteiger partial charge in [0, 0.05) is 10.6 Å². The molecule has 0 saturated heterocycles. The molecule has 0 aliphatic heterocycles. The Kier molecular flexibility index (Phi) is 5.39. The van der Waals surface area contributed by atoms with Gasteiger partial charge < -0.3 is 16.2 Å². The number of halogens is 1. The second kappa shape index (κ2) is 6.43. The van der Waals surface area contributed by atoms with Gasteiger partial charge in [-0.15, -0.1) is 0 Å². The van der Waals surface area contributed by atoms with Crippen LogP contribution in [0.25, 0.3) is 0 Å². The molecule has 5 nitrogen and oxygen atoms in total. The number of likely N-dealkylation sites (N-methyl/N-ethyl adjacent to an activating group) is 1. The average Bonchev–Trinajstić information content (AvgIpc) is 2.41. The lowest BCUT2D eigenvalue weighted by molar-refractivity contribution is -0.122. The monoisotopic (exact) mass is 299 g/mol. The number of nitrogens with zero attached hydrogens (tertiary/aromatic N) is 1. The Morgan fingerprint density at radius 2 is 2.15 bits per heavy atom. The molecular weight excluding hydrogens is 278 g/mol. The van der Waals surface area contributed by atoms with Crippen molar-refractivity contribution in [1.82, 2.24) is 4.90 Å². The minimum absolute atomic E-state index is 0.0412. The fraction of sp³-hybridized carbons (Fsp3) is 0.500. The summed E-state index contributed by atoms with van der Waals surface area (Å²) in [5, 5.41) is 12.6. The number of nitrogens with two attached hydrogens (primary N) is 1. The van der Waals surface area contributed by atoms with Crippen molar-refractivity contribution in [3.8, 4) is 0 Å². The van der Waals surface area contributed by atoms with Crippen LogP contribution in [0.2, 0.25) is 5.02 Å². The molecule has 1 aromatic carbocycles. The summed E-state index contributed by atoms with van der Waals surface area (Å²) in [6, 6.07) is 4.50. The van der Waals surface area contributed by atoms with Gasteiger partial charge in [0.1, 0.15) is 0 Å². The predicted molar refractivity (Wildman–Crippen MR) is 82.9 cm³/mol. The van der Waals surface area contributed by atoms with Gasteiger partial charge in [-0.1, -0.05) is 11.6 Å². The lowest BCUT2D eigenvalue weighted by Crippen LogP contribution is -2.52. The first-order valence-corrected chi connectivity index (χ1v) is 6.76. The van der Waals surface area contributed by atoms with Gasteiger partial charge in [-0.2, -0.15) is 0 Å². The van der Waals surface area contributed by atoms with Gasteiger partial charge in [-0.25, -0.2) is 0 Å². The molecule has 0 aromatic heterocycles. The van der Waals surface area contributed by atoms with Crippen molar-refractivity contribution in [3.05, 3.63) is 23.2 Å². The van der Waals surface area contributed by atoms with E-state index in [2.05, 4.69) is 5.32 Å². The summed E-state index contributed by atoms with van der Waals surface area (Å²) in [5.41, 5.74) is 6.26. The van der Waals surface area contributed by atoms with Crippen molar-refractivity contribution in [1.29, 1.82) is 0 Å². The minimum Gasteiger partial charge on any atom is -0.397 e. The number of amides is 1. The number of carbonyl (C=O) groups excluding carboxylic acids is 1. The quantitative estimate of drug-likeness (QED) is 0.726. The summed E-state index contributed by atoms with van der Waals surface area (Å²) in [7, 11) is 1.79. The average molecular weight is 300 g/mol. The zero-order valence-electron chi connectivity index (χ0n) is 12.3. The Balaban J connectivity index is 2.83. The summed E-state index contributed by atoms with van der Waals surface area (Å²) >= 11 is 5.89. The molecule has 1 aromatic rings. The molecule has 4 N–H and O–H groups in total. The van der Waals surface area contributed by atoms with E-state index in [0.717, 1.165) is 0 Å². The fourth-order valence-corrected chi connectivity index (χ4v) is 1.86. The van der Waals surface area contributed by atoms with Crippen molar-refractivity contribution in [3.63, 3.8) is 0 Å². The number of aliphatic hydroxyl groups excluding tert-OH is 1. The summed E-state index contributed by atoms with van der Waals surface area (Å²) in [4.78, 5) is 14.1. The Labute approximate surface area is 124 Å². The third-order valence-corrected chi connectivity index (χ3v) is 3.81. The van der Waals surface area contributed by atoms with Crippen molar-refractivity contribution in [2.75, 3.05) is 24.7 Å². The van der Waals surface area contributed by atoms with E-state index in [9.17, 15) is 9.90 Å². The normalized spacial score (nSPS) is 13.3. The third-order valence-electron chi connectivity index (χ3n) is 3.58. The van der Waals surface area contributed by atoms with Gasteiger partial charge in [0.2, 0.25) is 5.91 Å². The van der Waals surface area contributed by atoms with Crippen LogP contribution < -0.4 is 11.1 Å². The molecule has 0 spiro atoms. The standard InChI is InChI=1S/C14H22ClN3O2/c1-9(18(4)14(2,3)8-19)13(20)17-12-7-10(15)5-6-11(12)16/h5-7,9,19H,8,16H2,1-4H3,(H,17,20). The largest absolute Gasteiger partial charge is 0.397 e. The van der Waals surface area contributed by atoms with Crippen molar-refractivity contribution < 1.29 is 9.90 Å². The maximum Gasteiger partial charge on any atom is 0.241 e. The Morgan fingerprint density at radius 1 is 1.55 bits per heavy atom. The van der Waals surface area contributed by atoms with Gasteiger partial charge in [0.15, 0.2) is 0 Å². The van der Waals surface area contributed by atoms with Crippen LogP contribution in [0.15, 0.2) is 18.2 Å². The molecule has 1 unspecified atom stereocenters. The zero-order valence-corrected chi connectivity index (χ0v) is 13.0. The van der Waals surface area contributed by atoms with E-state index in [1.807, 2.05) is 18.7 Å². The van der Waals surface area contributed by atoms with Crippen LogP contribution in [-0.4, -0.2) is 41.1 Å². The van der Waals surface area contributed by atoms with Gasteiger partial charge in [-0.3, -0.25) is 9.69 Å². The maximum atomic E-state index is 12.2. The first kappa shape index (κ1) is 16.8. The molecule has 112 valence electrons. The lowest BCUT2D eigenvalue weighted by Gasteiger charge is -2.37. The number of nitrogens with one attached hydrogen (secondary N) is 1. The predicted octanol–water partition coefficient (Wildman–Crippen LogP) is 1.95. The number of rotatable bonds is 5. The highest BCUT2D eigenvalue weighted by Gasteiger charge is 2.30. The lowest BCUT2D eigenvalue weighted by atomic mass is 10.0. The van der Waals surface area contributed by atoms with Crippen molar-refractivity contribution in [2.45, 2.75) is 32.4 Å². The number of benzene rings is 1. The van der Waals surface area contributed by atoms with Crippen LogP contribution in [0, 0.1) is 0 Å². The number of aliphatic hydroxyl groups is 1. The Morgan fingerprint density at radius 3 is 2.70 bits per heavy atom. The van der Waals surface area contributed by atoms with E-state index in [0.29, 0.717) is 16.4 Å². The van der Waals surface area contributed by atoms with Crippen LogP contribution in [0.1, 0.15) is 20.8 Å². The van der Waals surface area contributed by atoms with Crippen LogP contribution in [-0.2, 0) is 4.79 Å². The molecule has 0 heterocycles. The smallest absolute Gasteiger partial charge is 0.241 e. The molecule has 20 heavy (non-hydrogen) atoms. The third kappa shape index (κ3) is 3.85. The molecule has 6 heteroatoms. The summed E-state index contributed by atoms with van der Waals surface area (Å²) < 4.78 is 0. The van der Waals surface area contributed by atoms with Gasteiger partial charge in [0.05, 0.1) is 24.0 Å². The first-order chi connectivity index (χ1) is 9.19. The van der Waals surface area contributed by atoms with Crippen LogP contribution in [0.4, 0.5) is 11.4 Å². The van der Waals surface area contributed by atoms with Gasteiger partial charge in [0.25, 0.3) is 0 Å². The number of nitrogen functional groups attached to an aromatic ring is 1. The van der Waals surface area contributed by atoms with Crippen molar-refractivity contribution in [2.24, 2.45) is 0 Å². The highest BCUT2D eigenvalue weighted by molar-refractivity contribution is 6.31. The van der Waals surface area contributed by atoms with Crippen LogP contribution in [0.5, 0.6) is 0 Å². The van der Waals surface area contributed by atoms with Gasteiger partial charge in [-0.05, 0) is 46.0 Å². The molecule has 0 saturated carbocycles. The van der Waals surface area contributed by atoms with E-state index in [1.165, 1.54) is 0 Å². The topological polar surface area (TPSA) is 78.6 Å². The van der Waals surface area contributed by atoms with E-state index in [4.69, 9.17) is 17.3 Å². The summed E-state index contributed by atoms with van der Waals surface area (Å²) in [6.45, 7) is 5.46. The highest BCUT2D eigenvalue weighted by atomic mass is 35.5. The molecule has 0 aliphatic carbocycles. The van der Waals surface area contributed by atoms with Crippen molar-refractivity contribution >= 4 is 28.9 Å². The maximum absolute atomic E-state index is 12.2. The molecule has 1 rings (SSSR count). The SMILES string of the molecule is CC(C(=O)Nc1cc(Cl)ccc1N)N(C)C(C)(C)CO. The molecular formula is C14H22ClN3O2. The molecule has 1 amide bonds. The van der Waals surface area contributed by atoms with E-state index in [-0.39, 0.29) is 12.5 Å². The number of hydrogen-bond acceptors (Lipinski definition) is 4. The number of anilines is 2. The molecule has 0 aliphatic rings. The second-order valence-corrected chi connectivity index (χ2v) is 5.91. The molecule has 0 bridgehead atoms. The highest BCUT2D eigenvalue weighted by Crippen LogP contribution is 2.24. The Hall–Kier alpha value is -1.30. The summed E-state index contributed by atoms with van der Waals surface area (Å²) in [5.74, 6) is -0.206. The van der Waals surface area contributed by atoms with Crippen LogP contribution in [0.3, 0.4) is 0 Å². The van der Waals surface area contributed by atoms with E-state index in [1.54, 1.807) is 32.2 Å². The molecule has 0 radical (unpaired) electrons. The first-order valence-electron chi connectivity index (χ1n) is 6.38. The van der Waals surface area contributed by atoms with E-state index < -0.39 is 11.6 Å². The zero-order chi connectivity index (χ0) is 15.5. The Bertz CT molecular complexity index is 491. The van der Waals surface area contributed by atoms with Crippen LogP contribution >= 0.6 is 11.6 Å². The second-order valence-electron chi connectivity index (χ2n) is 5.48.